The first-order valence-corrected chi connectivity index (χ1v) is 5.53. The summed E-state index contributed by atoms with van der Waals surface area (Å²) in [6, 6.07) is 14.1. The maximum Gasteiger partial charge on any atom is 0.226 e. The molecule has 88 valence electrons. The van der Waals surface area contributed by atoms with Crippen molar-refractivity contribution in [2.75, 3.05) is 13.8 Å². The molecule has 0 aliphatic rings. The summed E-state index contributed by atoms with van der Waals surface area (Å²) in [4.78, 5) is 11.6. The van der Waals surface area contributed by atoms with E-state index in [1.54, 1.807) is 7.11 Å². The minimum absolute atomic E-state index is 0.0248. The summed E-state index contributed by atoms with van der Waals surface area (Å²) in [7, 11) is 1.55. The van der Waals surface area contributed by atoms with Crippen molar-refractivity contribution in [2.24, 2.45) is 0 Å². The summed E-state index contributed by atoms with van der Waals surface area (Å²) >= 11 is 0. The van der Waals surface area contributed by atoms with Gasteiger partial charge in [0.15, 0.2) is 0 Å². The summed E-state index contributed by atoms with van der Waals surface area (Å²) in [5, 5.41) is 4.97. The van der Waals surface area contributed by atoms with Crippen LogP contribution in [0.4, 0.5) is 0 Å². The number of ether oxygens (including phenoxy) is 1. The molecule has 0 spiro atoms. The van der Waals surface area contributed by atoms with Crippen molar-refractivity contribution in [3.05, 3.63) is 48.0 Å². The Morgan fingerprint density at radius 2 is 1.94 bits per heavy atom. The van der Waals surface area contributed by atoms with E-state index >= 15 is 0 Å². The first kappa shape index (κ1) is 11.6. The van der Waals surface area contributed by atoms with Crippen LogP contribution in [0.5, 0.6) is 0 Å². The smallest absolute Gasteiger partial charge is 0.226 e. The van der Waals surface area contributed by atoms with E-state index in [1.807, 2.05) is 42.5 Å². The van der Waals surface area contributed by atoms with Gasteiger partial charge in [-0.05, 0) is 16.3 Å². The van der Waals surface area contributed by atoms with Crippen LogP contribution in [0.1, 0.15) is 5.56 Å². The molecule has 17 heavy (non-hydrogen) atoms. The van der Waals surface area contributed by atoms with Gasteiger partial charge in [0.1, 0.15) is 6.73 Å². The molecule has 1 amide bonds. The zero-order valence-corrected chi connectivity index (χ0v) is 9.77. The molecule has 0 unspecified atom stereocenters. The molecule has 0 saturated heterocycles. The number of methoxy groups -OCH3 is 1. The predicted molar refractivity (Wildman–Crippen MR) is 67.7 cm³/mol. The summed E-state index contributed by atoms with van der Waals surface area (Å²) in [5.74, 6) is -0.0248. The largest absolute Gasteiger partial charge is 0.364 e. The van der Waals surface area contributed by atoms with Crippen molar-refractivity contribution in [3.63, 3.8) is 0 Å². The van der Waals surface area contributed by atoms with Crippen molar-refractivity contribution >= 4 is 16.7 Å². The molecule has 0 heterocycles. The van der Waals surface area contributed by atoms with Crippen LogP contribution in [0, 0.1) is 0 Å². The maximum absolute atomic E-state index is 11.6. The number of rotatable bonds is 4. The van der Waals surface area contributed by atoms with Crippen molar-refractivity contribution in [1.82, 2.24) is 5.32 Å². The average molecular weight is 229 g/mol. The number of hydrogen-bond donors (Lipinski definition) is 1. The fourth-order valence-electron chi connectivity index (χ4n) is 1.83. The monoisotopic (exact) mass is 229 g/mol. The quantitative estimate of drug-likeness (QED) is 0.815. The number of hydrogen-bond acceptors (Lipinski definition) is 2. The lowest BCUT2D eigenvalue weighted by molar-refractivity contribution is -0.121. The number of benzene rings is 2. The molecule has 0 atom stereocenters. The van der Waals surface area contributed by atoms with E-state index in [9.17, 15) is 4.79 Å². The third-order valence-electron chi connectivity index (χ3n) is 2.64. The third-order valence-corrected chi connectivity index (χ3v) is 2.64. The Balaban J connectivity index is 2.21. The molecular weight excluding hydrogens is 214 g/mol. The Bertz CT molecular complexity index is 517. The summed E-state index contributed by atoms with van der Waals surface area (Å²) in [5.41, 5.74) is 1.04. The minimum atomic E-state index is -0.0248. The summed E-state index contributed by atoms with van der Waals surface area (Å²) < 4.78 is 4.81. The second-order valence-corrected chi connectivity index (χ2v) is 3.85. The Hall–Kier alpha value is -1.87. The fraction of sp³-hybridized carbons (Fsp3) is 0.214. The highest BCUT2D eigenvalue weighted by molar-refractivity contribution is 5.90. The number of carbonyl (C=O) groups is 1. The van der Waals surface area contributed by atoms with E-state index in [-0.39, 0.29) is 12.6 Å². The SMILES string of the molecule is COCNC(=O)Cc1cccc2ccccc12. The normalized spacial score (nSPS) is 10.4. The second kappa shape index (κ2) is 5.46. The summed E-state index contributed by atoms with van der Waals surface area (Å²) in [6.07, 6.45) is 0.380. The van der Waals surface area contributed by atoms with E-state index in [0.29, 0.717) is 6.42 Å². The van der Waals surface area contributed by atoms with Crippen LogP contribution in [0.15, 0.2) is 42.5 Å². The van der Waals surface area contributed by atoms with Gasteiger partial charge in [-0.3, -0.25) is 4.79 Å². The molecule has 3 heteroatoms. The molecule has 2 aromatic carbocycles. The van der Waals surface area contributed by atoms with E-state index < -0.39 is 0 Å². The van der Waals surface area contributed by atoms with Crippen LogP contribution in [0.2, 0.25) is 0 Å². The van der Waals surface area contributed by atoms with Crippen molar-refractivity contribution in [2.45, 2.75) is 6.42 Å². The molecule has 0 saturated carbocycles. The second-order valence-electron chi connectivity index (χ2n) is 3.85. The lowest BCUT2D eigenvalue weighted by Crippen LogP contribution is -2.26. The van der Waals surface area contributed by atoms with Crippen molar-refractivity contribution in [1.29, 1.82) is 0 Å². The van der Waals surface area contributed by atoms with Crippen LogP contribution >= 0.6 is 0 Å². The van der Waals surface area contributed by atoms with Crippen molar-refractivity contribution < 1.29 is 9.53 Å². The molecule has 0 bridgehead atoms. The van der Waals surface area contributed by atoms with E-state index in [0.717, 1.165) is 16.3 Å². The van der Waals surface area contributed by atoms with E-state index in [2.05, 4.69) is 5.32 Å². The fourth-order valence-corrected chi connectivity index (χ4v) is 1.83. The maximum atomic E-state index is 11.6. The number of amides is 1. The molecule has 0 aromatic heterocycles. The molecule has 0 radical (unpaired) electrons. The number of carbonyl (C=O) groups excluding carboxylic acids is 1. The Morgan fingerprint density at radius 3 is 2.76 bits per heavy atom. The highest BCUT2D eigenvalue weighted by atomic mass is 16.5. The van der Waals surface area contributed by atoms with Gasteiger partial charge in [-0.2, -0.15) is 0 Å². The van der Waals surface area contributed by atoms with Gasteiger partial charge in [0, 0.05) is 7.11 Å². The Labute approximate surface area is 100 Å². The molecule has 2 rings (SSSR count). The zero-order chi connectivity index (χ0) is 12.1. The van der Waals surface area contributed by atoms with Gasteiger partial charge in [0.2, 0.25) is 5.91 Å². The van der Waals surface area contributed by atoms with Crippen LogP contribution in [-0.2, 0) is 16.0 Å². The molecule has 0 aliphatic heterocycles. The van der Waals surface area contributed by atoms with Gasteiger partial charge in [-0.25, -0.2) is 0 Å². The standard InChI is InChI=1S/C14H15NO2/c1-17-10-15-14(16)9-12-7-4-6-11-5-2-3-8-13(11)12/h2-8H,9-10H2,1H3,(H,15,16). The lowest BCUT2D eigenvalue weighted by Gasteiger charge is -2.07. The van der Waals surface area contributed by atoms with Gasteiger partial charge in [0.25, 0.3) is 0 Å². The Kier molecular flexibility index (Phi) is 3.73. The first-order chi connectivity index (χ1) is 8.31. The van der Waals surface area contributed by atoms with Gasteiger partial charge in [-0.15, -0.1) is 0 Å². The molecule has 2 aromatic rings. The van der Waals surface area contributed by atoms with Crippen LogP contribution in [-0.4, -0.2) is 19.7 Å². The molecular formula is C14H15NO2. The van der Waals surface area contributed by atoms with Gasteiger partial charge in [-0.1, -0.05) is 42.5 Å². The zero-order valence-electron chi connectivity index (χ0n) is 9.77. The van der Waals surface area contributed by atoms with Crippen molar-refractivity contribution in [3.8, 4) is 0 Å². The van der Waals surface area contributed by atoms with E-state index in [1.165, 1.54) is 0 Å². The molecule has 0 aliphatic carbocycles. The average Bonchev–Trinajstić information content (AvgIpc) is 2.37. The van der Waals surface area contributed by atoms with Crippen LogP contribution in [0.25, 0.3) is 10.8 Å². The topological polar surface area (TPSA) is 38.3 Å². The highest BCUT2D eigenvalue weighted by Gasteiger charge is 2.05. The van der Waals surface area contributed by atoms with Crippen LogP contribution < -0.4 is 5.32 Å². The summed E-state index contributed by atoms with van der Waals surface area (Å²) in [6.45, 7) is 0.254. The minimum Gasteiger partial charge on any atom is -0.364 e. The third kappa shape index (κ3) is 2.82. The first-order valence-electron chi connectivity index (χ1n) is 5.53. The highest BCUT2D eigenvalue weighted by Crippen LogP contribution is 2.18. The predicted octanol–water partition coefficient (Wildman–Crippen LogP) is 2.10. The molecule has 1 N–H and O–H groups in total. The number of nitrogens with one attached hydrogen (secondary N) is 1. The number of fused-ring (bicyclic) bond motifs is 1. The molecule has 0 fully saturated rings. The Morgan fingerprint density at radius 1 is 1.18 bits per heavy atom. The van der Waals surface area contributed by atoms with Crippen LogP contribution in [0.3, 0.4) is 0 Å². The van der Waals surface area contributed by atoms with Gasteiger partial charge < -0.3 is 10.1 Å². The van der Waals surface area contributed by atoms with Gasteiger partial charge >= 0.3 is 0 Å². The van der Waals surface area contributed by atoms with E-state index in [4.69, 9.17) is 4.74 Å². The van der Waals surface area contributed by atoms with Gasteiger partial charge in [0.05, 0.1) is 6.42 Å². The lowest BCUT2D eigenvalue weighted by atomic mass is 10.0. The molecule has 3 nitrogen and oxygen atoms in total.